The molecule has 0 spiro atoms. The first kappa shape index (κ1) is 14.6. The van der Waals surface area contributed by atoms with E-state index < -0.39 is 0 Å². The molecule has 0 N–H and O–H groups in total. The largest absolute Gasteiger partial charge is 0.455 e. The summed E-state index contributed by atoms with van der Waals surface area (Å²) in [4.78, 5) is 0. The van der Waals surface area contributed by atoms with Crippen molar-refractivity contribution in [1.82, 2.24) is 0 Å². The standard InChI is InChI=1S/C26H16O/c1-2-7-20-17(6-1)12-13-18-14-15-19(16-24(18)20)21-9-5-10-23-22-8-3-4-11-25(22)27-26(21)23/h1-16H. The Balaban J connectivity index is 1.69. The van der Waals surface area contributed by atoms with Gasteiger partial charge in [-0.25, -0.2) is 0 Å². The highest BCUT2D eigenvalue weighted by molar-refractivity contribution is 6.12. The molecule has 0 aliphatic rings. The molecule has 0 fully saturated rings. The van der Waals surface area contributed by atoms with Crippen LogP contribution in [0.2, 0.25) is 0 Å². The lowest BCUT2D eigenvalue weighted by molar-refractivity contribution is 0.670. The molecule has 1 heteroatoms. The maximum absolute atomic E-state index is 6.24. The van der Waals surface area contributed by atoms with Crippen molar-refractivity contribution < 1.29 is 4.42 Å². The molecule has 0 unspecified atom stereocenters. The molecule has 0 saturated carbocycles. The third-order valence-electron chi connectivity index (χ3n) is 5.46. The molecular weight excluding hydrogens is 328 g/mol. The first-order valence-corrected chi connectivity index (χ1v) is 9.21. The molecule has 0 atom stereocenters. The molecule has 126 valence electrons. The topological polar surface area (TPSA) is 13.1 Å². The van der Waals surface area contributed by atoms with E-state index in [-0.39, 0.29) is 0 Å². The average Bonchev–Trinajstić information content (AvgIpc) is 3.12. The summed E-state index contributed by atoms with van der Waals surface area (Å²) in [5, 5.41) is 7.42. The molecule has 27 heavy (non-hydrogen) atoms. The van der Waals surface area contributed by atoms with E-state index in [0.29, 0.717) is 0 Å². The van der Waals surface area contributed by atoms with E-state index in [4.69, 9.17) is 4.42 Å². The highest BCUT2D eigenvalue weighted by atomic mass is 16.3. The summed E-state index contributed by atoms with van der Waals surface area (Å²) in [5.74, 6) is 0. The first-order valence-electron chi connectivity index (χ1n) is 9.21. The van der Waals surface area contributed by atoms with E-state index in [1.807, 2.05) is 12.1 Å². The zero-order chi connectivity index (χ0) is 17.8. The summed E-state index contributed by atoms with van der Waals surface area (Å²) in [6.45, 7) is 0. The third kappa shape index (κ3) is 2.12. The number of hydrogen-bond donors (Lipinski definition) is 0. The highest BCUT2D eigenvalue weighted by Gasteiger charge is 2.12. The minimum atomic E-state index is 0.936. The van der Waals surface area contributed by atoms with Gasteiger partial charge in [-0.15, -0.1) is 0 Å². The smallest absolute Gasteiger partial charge is 0.143 e. The van der Waals surface area contributed by atoms with Gasteiger partial charge in [-0.2, -0.15) is 0 Å². The lowest BCUT2D eigenvalue weighted by Gasteiger charge is -2.08. The van der Waals surface area contributed by atoms with Crippen LogP contribution in [0, 0.1) is 0 Å². The maximum atomic E-state index is 6.24. The van der Waals surface area contributed by atoms with Crippen LogP contribution in [0.4, 0.5) is 0 Å². The predicted octanol–water partition coefficient (Wildman–Crippen LogP) is 7.56. The number of benzene rings is 5. The van der Waals surface area contributed by atoms with Crippen molar-refractivity contribution in [1.29, 1.82) is 0 Å². The molecule has 1 nitrogen and oxygen atoms in total. The minimum Gasteiger partial charge on any atom is -0.455 e. The van der Waals surface area contributed by atoms with Crippen molar-refractivity contribution in [3.63, 3.8) is 0 Å². The zero-order valence-corrected chi connectivity index (χ0v) is 14.6. The Labute approximate surface area is 156 Å². The molecule has 0 saturated heterocycles. The van der Waals surface area contributed by atoms with Crippen molar-refractivity contribution in [2.45, 2.75) is 0 Å². The molecule has 0 bridgehead atoms. The fraction of sp³-hybridized carbons (Fsp3) is 0. The molecule has 1 aromatic heterocycles. The predicted molar refractivity (Wildman–Crippen MR) is 114 cm³/mol. The third-order valence-corrected chi connectivity index (χ3v) is 5.46. The second-order valence-corrected chi connectivity index (χ2v) is 7.00. The first-order chi connectivity index (χ1) is 13.4. The van der Waals surface area contributed by atoms with Gasteiger partial charge in [0.1, 0.15) is 11.2 Å². The van der Waals surface area contributed by atoms with Crippen LogP contribution in [0.1, 0.15) is 0 Å². The highest BCUT2D eigenvalue weighted by Crippen LogP contribution is 2.37. The van der Waals surface area contributed by atoms with Gasteiger partial charge in [0.2, 0.25) is 0 Å². The number of furan rings is 1. The molecule has 0 radical (unpaired) electrons. The van der Waals surface area contributed by atoms with E-state index in [1.54, 1.807) is 0 Å². The molecule has 0 amide bonds. The fourth-order valence-corrected chi connectivity index (χ4v) is 4.14. The molecule has 0 aliphatic heterocycles. The van der Waals surface area contributed by atoms with Crippen molar-refractivity contribution in [2.24, 2.45) is 0 Å². The van der Waals surface area contributed by atoms with Crippen molar-refractivity contribution in [3.8, 4) is 11.1 Å². The van der Waals surface area contributed by atoms with E-state index >= 15 is 0 Å². The summed E-state index contributed by atoms with van der Waals surface area (Å²) < 4.78 is 6.24. The Kier molecular flexibility index (Phi) is 2.95. The molecule has 5 aromatic carbocycles. The van der Waals surface area contributed by atoms with Crippen LogP contribution < -0.4 is 0 Å². The van der Waals surface area contributed by atoms with Gasteiger partial charge >= 0.3 is 0 Å². The Morgan fingerprint density at radius 1 is 0.481 bits per heavy atom. The average molecular weight is 344 g/mol. The summed E-state index contributed by atoms with van der Waals surface area (Å²) in [6.07, 6.45) is 0. The normalized spacial score (nSPS) is 11.7. The number of para-hydroxylation sites is 2. The summed E-state index contributed by atoms with van der Waals surface area (Å²) in [6, 6.07) is 34.3. The van der Waals surface area contributed by atoms with Crippen LogP contribution in [-0.2, 0) is 0 Å². The summed E-state index contributed by atoms with van der Waals surface area (Å²) in [5.41, 5.74) is 4.21. The van der Waals surface area contributed by atoms with Gasteiger partial charge in [-0.1, -0.05) is 84.9 Å². The van der Waals surface area contributed by atoms with Crippen LogP contribution in [0.3, 0.4) is 0 Å². The van der Waals surface area contributed by atoms with Crippen molar-refractivity contribution in [2.75, 3.05) is 0 Å². The van der Waals surface area contributed by atoms with Crippen LogP contribution in [-0.4, -0.2) is 0 Å². The fourth-order valence-electron chi connectivity index (χ4n) is 4.14. The Bertz CT molecular complexity index is 1470. The number of rotatable bonds is 1. The van der Waals surface area contributed by atoms with Gasteiger partial charge in [0, 0.05) is 16.3 Å². The van der Waals surface area contributed by atoms with Gasteiger partial charge in [0.05, 0.1) is 0 Å². The van der Waals surface area contributed by atoms with E-state index in [1.165, 1.54) is 37.9 Å². The SMILES string of the molecule is c1ccc2c(c1)ccc1ccc(-c3cccc4c3oc3ccccc34)cc12. The monoisotopic (exact) mass is 344 g/mol. The van der Waals surface area contributed by atoms with Gasteiger partial charge in [0.25, 0.3) is 0 Å². The lowest BCUT2D eigenvalue weighted by atomic mass is 9.96. The maximum Gasteiger partial charge on any atom is 0.143 e. The molecule has 6 rings (SSSR count). The van der Waals surface area contributed by atoms with Crippen molar-refractivity contribution >= 4 is 43.5 Å². The Morgan fingerprint density at radius 2 is 1.19 bits per heavy atom. The van der Waals surface area contributed by atoms with Gasteiger partial charge in [-0.05, 0) is 39.2 Å². The van der Waals surface area contributed by atoms with Gasteiger partial charge in [-0.3, -0.25) is 0 Å². The Morgan fingerprint density at radius 3 is 2.11 bits per heavy atom. The number of fused-ring (bicyclic) bond motifs is 6. The van der Waals surface area contributed by atoms with Crippen LogP contribution in [0.25, 0.3) is 54.6 Å². The zero-order valence-electron chi connectivity index (χ0n) is 14.6. The molecule has 1 heterocycles. The van der Waals surface area contributed by atoms with Gasteiger partial charge < -0.3 is 4.42 Å². The van der Waals surface area contributed by atoms with E-state index in [9.17, 15) is 0 Å². The summed E-state index contributed by atoms with van der Waals surface area (Å²) >= 11 is 0. The van der Waals surface area contributed by atoms with E-state index in [2.05, 4.69) is 84.9 Å². The van der Waals surface area contributed by atoms with Crippen LogP contribution in [0.5, 0.6) is 0 Å². The molecule has 6 aromatic rings. The number of hydrogen-bond acceptors (Lipinski definition) is 1. The van der Waals surface area contributed by atoms with E-state index in [0.717, 1.165) is 16.7 Å². The quantitative estimate of drug-likeness (QED) is 0.280. The minimum absolute atomic E-state index is 0.936. The van der Waals surface area contributed by atoms with Crippen molar-refractivity contribution in [3.05, 3.63) is 97.1 Å². The lowest BCUT2D eigenvalue weighted by Crippen LogP contribution is -1.82. The Hall–Kier alpha value is -3.58. The van der Waals surface area contributed by atoms with Gasteiger partial charge in [0.15, 0.2) is 0 Å². The summed E-state index contributed by atoms with van der Waals surface area (Å²) in [7, 11) is 0. The van der Waals surface area contributed by atoms with Crippen LogP contribution >= 0.6 is 0 Å². The van der Waals surface area contributed by atoms with Crippen LogP contribution in [0.15, 0.2) is 101 Å². The second kappa shape index (κ2) is 5.46. The molecular formula is C26H16O. The molecule has 0 aliphatic carbocycles. The second-order valence-electron chi connectivity index (χ2n) is 7.00.